The summed E-state index contributed by atoms with van der Waals surface area (Å²) in [6, 6.07) is 1.59. The maximum atomic E-state index is 12.6. The second-order valence-electron chi connectivity index (χ2n) is 8.19. The van der Waals surface area contributed by atoms with Crippen molar-refractivity contribution >= 4 is 17.7 Å². The first-order valence-corrected chi connectivity index (χ1v) is 9.02. The number of esters is 1. The molecule has 4 aliphatic carbocycles. The Hall–Kier alpha value is -2.51. The quantitative estimate of drug-likeness (QED) is 0.783. The van der Waals surface area contributed by atoms with Crippen molar-refractivity contribution in [1.29, 1.82) is 0 Å². The molecule has 1 aromatic heterocycles. The van der Waals surface area contributed by atoms with Crippen molar-refractivity contribution in [2.24, 2.45) is 17.8 Å². The van der Waals surface area contributed by atoms with Crippen molar-refractivity contribution in [3.8, 4) is 0 Å². The number of hydrogen-bond donors (Lipinski definition) is 2. The molecule has 0 spiro atoms. The average molecular weight is 359 g/mol. The predicted molar refractivity (Wildman–Crippen MR) is 91.3 cm³/mol. The Morgan fingerprint density at radius 3 is 2.42 bits per heavy atom. The zero-order valence-corrected chi connectivity index (χ0v) is 14.5. The summed E-state index contributed by atoms with van der Waals surface area (Å²) in [5.74, 6) is 0.725. The van der Waals surface area contributed by atoms with Gasteiger partial charge in [-0.25, -0.2) is 9.59 Å². The fourth-order valence-electron chi connectivity index (χ4n) is 5.10. The average Bonchev–Trinajstić information content (AvgIpc) is 2.96. The molecule has 1 aromatic rings. The van der Waals surface area contributed by atoms with E-state index < -0.39 is 12.1 Å². The smallest absolute Gasteiger partial charge is 0.407 e. The van der Waals surface area contributed by atoms with Crippen LogP contribution in [0, 0.1) is 17.8 Å². The van der Waals surface area contributed by atoms with Gasteiger partial charge >= 0.3 is 12.1 Å². The highest BCUT2D eigenvalue weighted by molar-refractivity contribution is 5.95. The van der Waals surface area contributed by atoms with Gasteiger partial charge in [0.1, 0.15) is 0 Å². The number of rotatable bonds is 4. The fraction of sp³-hybridized carbons (Fsp3) is 0.611. The molecular weight excluding hydrogens is 338 g/mol. The summed E-state index contributed by atoms with van der Waals surface area (Å²) in [6.07, 6.45) is 3.79. The third kappa shape index (κ3) is 2.04. The van der Waals surface area contributed by atoms with E-state index in [1.807, 2.05) is 0 Å². The zero-order chi connectivity index (χ0) is 18.2. The number of anilines is 1. The number of aromatic nitrogens is 1. The molecule has 138 valence electrons. The van der Waals surface area contributed by atoms with Crippen LogP contribution in [0.15, 0.2) is 17.1 Å². The molecule has 5 aliphatic rings. The molecule has 1 unspecified atom stereocenters. The number of methoxy groups -OCH3 is 1. The van der Waals surface area contributed by atoms with Gasteiger partial charge in [0.25, 0.3) is 5.56 Å². The molecule has 1 aliphatic heterocycles. The normalized spacial score (nSPS) is 35.8. The van der Waals surface area contributed by atoms with Crippen LogP contribution in [-0.4, -0.2) is 52.9 Å². The lowest BCUT2D eigenvalue weighted by Gasteiger charge is -2.62. The number of fused-ring (bicyclic) bond motifs is 1. The minimum Gasteiger partial charge on any atom is -0.465 e. The molecule has 1 saturated heterocycles. The van der Waals surface area contributed by atoms with Gasteiger partial charge in [0.05, 0.1) is 18.4 Å². The molecule has 2 bridgehead atoms. The Morgan fingerprint density at radius 2 is 1.92 bits per heavy atom. The van der Waals surface area contributed by atoms with E-state index in [0.29, 0.717) is 24.3 Å². The van der Waals surface area contributed by atoms with E-state index in [4.69, 9.17) is 9.84 Å². The number of pyridine rings is 1. The van der Waals surface area contributed by atoms with Crippen molar-refractivity contribution in [1.82, 2.24) is 9.47 Å². The number of carbonyl (C=O) groups excluding carboxylic acids is 1. The largest absolute Gasteiger partial charge is 0.465 e. The van der Waals surface area contributed by atoms with Crippen molar-refractivity contribution < 1.29 is 19.4 Å². The summed E-state index contributed by atoms with van der Waals surface area (Å²) < 4.78 is 6.63. The van der Waals surface area contributed by atoms with E-state index in [1.54, 1.807) is 10.8 Å². The highest BCUT2D eigenvalue weighted by atomic mass is 16.5. The number of hydrogen-bond acceptors (Lipinski definition) is 5. The molecule has 3 atom stereocenters. The van der Waals surface area contributed by atoms with Gasteiger partial charge < -0.3 is 24.6 Å². The van der Waals surface area contributed by atoms with E-state index in [-0.39, 0.29) is 29.0 Å². The molecule has 0 aromatic carbocycles. The van der Waals surface area contributed by atoms with Gasteiger partial charge in [0.2, 0.25) is 0 Å². The lowest BCUT2D eigenvalue weighted by Crippen LogP contribution is -2.62. The second-order valence-corrected chi connectivity index (χ2v) is 8.19. The van der Waals surface area contributed by atoms with Crippen LogP contribution >= 0.6 is 0 Å². The first-order valence-electron chi connectivity index (χ1n) is 9.02. The Morgan fingerprint density at radius 1 is 1.27 bits per heavy atom. The number of nitrogens with one attached hydrogen (secondary N) is 1. The molecule has 0 radical (unpaired) electrons. The predicted octanol–water partition coefficient (Wildman–Crippen LogP) is 1.16. The summed E-state index contributed by atoms with van der Waals surface area (Å²) in [6.45, 7) is 0.986. The van der Waals surface area contributed by atoms with E-state index in [0.717, 1.165) is 25.2 Å². The summed E-state index contributed by atoms with van der Waals surface area (Å²) >= 11 is 0. The van der Waals surface area contributed by atoms with Gasteiger partial charge in [-0.2, -0.15) is 0 Å². The van der Waals surface area contributed by atoms with E-state index >= 15 is 0 Å². The van der Waals surface area contributed by atoms with Crippen LogP contribution in [0.5, 0.6) is 0 Å². The molecule has 1 amide bonds. The Labute approximate surface area is 149 Å². The molecule has 5 fully saturated rings. The topological polar surface area (TPSA) is 101 Å². The lowest BCUT2D eigenvalue weighted by atomic mass is 9.49. The van der Waals surface area contributed by atoms with Gasteiger partial charge in [-0.1, -0.05) is 0 Å². The van der Waals surface area contributed by atoms with Crippen LogP contribution in [0.3, 0.4) is 0 Å². The minimum absolute atomic E-state index is 0.0961. The van der Waals surface area contributed by atoms with Crippen LogP contribution in [0.1, 0.15) is 29.6 Å². The summed E-state index contributed by atoms with van der Waals surface area (Å²) in [5.41, 5.74) is 0.667. The van der Waals surface area contributed by atoms with E-state index in [9.17, 15) is 14.4 Å². The zero-order valence-electron chi connectivity index (χ0n) is 14.5. The number of amides is 1. The van der Waals surface area contributed by atoms with Gasteiger partial charge in [0, 0.05) is 48.8 Å². The van der Waals surface area contributed by atoms with E-state index in [2.05, 4.69) is 5.32 Å². The monoisotopic (exact) mass is 359 g/mol. The Balaban J connectivity index is 1.40. The number of carbonyl (C=O) groups is 2. The number of likely N-dealkylation sites (tertiary alicyclic amines) is 1. The van der Waals surface area contributed by atoms with Crippen LogP contribution in [0.4, 0.5) is 10.5 Å². The van der Waals surface area contributed by atoms with Crippen molar-refractivity contribution in [3.63, 3.8) is 0 Å². The number of piperidine rings is 1. The van der Waals surface area contributed by atoms with Gasteiger partial charge in [-0.15, -0.1) is 0 Å². The molecule has 26 heavy (non-hydrogen) atoms. The van der Waals surface area contributed by atoms with Gasteiger partial charge in [-0.3, -0.25) is 4.79 Å². The van der Waals surface area contributed by atoms with Crippen LogP contribution in [0.2, 0.25) is 0 Å². The third-order valence-electron chi connectivity index (χ3n) is 6.76. The van der Waals surface area contributed by atoms with Crippen molar-refractivity contribution in [2.75, 3.05) is 25.5 Å². The minimum atomic E-state index is -0.896. The standard InChI is InChI=1S/C18H21N3O5/c1-26-16(23)12-8-21(18-3-9(4-18)5-18)14(22)2-13(12)19-15-10-6-20(17(24)25)7-11(10)15/h2,8-11,15,19H,3-7H2,1H3,(H,24,25)/t9?,10-,11+,15?,18?. The maximum absolute atomic E-state index is 12.6. The first kappa shape index (κ1) is 15.7. The van der Waals surface area contributed by atoms with Crippen LogP contribution in [-0.2, 0) is 10.3 Å². The highest BCUT2D eigenvalue weighted by Crippen LogP contribution is 2.61. The second kappa shape index (κ2) is 5.02. The summed E-state index contributed by atoms with van der Waals surface area (Å²) in [5, 5.41) is 12.3. The fourth-order valence-corrected chi connectivity index (χ4v) is 5.10. The summed E-state index contributed by atoms with van der Waals surface area (Å²) in [4.78, 5) is 37.4. The molecule has 4 saturated carbocycles. The van der Waals surface area contributed by atoms with Gasteiger partial charge in [0.15, 0.2) is 0 Å². The van der Waals surface area contributed by atoms with Crippen LogP contribution in [0.25, 0.3) is 0 Å². The highest BCUT2D eigenvalue weighted by Gasteiger charge is 2.59. The number of nitrogens with zero attached hydrogens (tertiary/aromatic N) is 2. The first-order chi connectivity index (χ1) is 12.4. The molecular formula is C18H21N3O5. The lowest BCUT2D eigenvalue weighted by molar-refractivity contribution is -0.0914. The molecule has 8 heteroatoms. The summed E-state index contributed by atoms with van der Waals surface area (Å²) in [7, 11) is 1.33. The molecule has 8 nitrogen and oxygen atoms in total. The number of carboxylic acid groups (broad SMARTS) is 1. The van der Waals surface area contributed by atoms with E-state index in [1.165, 1.54) is 18.1 Å². The van der Waals surface area contributed by atoms with Crippen molar-refractivity contribution in [3.05, 3.63) is 28.2 Å². The van der Waals surface area contributed by atoms with Crippen LogP contribution < -0.4 is 10.9 Å². The SMILES string of the molecule is COC(=O)c1cn(C23CC(C2)C3)c(=O)cc1NC1[C@H]2CN(C(=O)O)C[C@@H]12. The number of ether oxygens (including phenoxy) is 1. The molecule has 2 heterocycles. The maximum Gasteiger partial charge on any atom is 0.407 e. The van der Waals surface area contributed by atoms with Gasteiger partial charge in [-0.05, 0) is 25.2 Å². The third-order valence-corrected chi connectivity index (χ3v) is 6.76. The Kier molecular flexibility index (Phi) is 3.04. The molecule has 2 N–H and O–H groups in total. The Bertz CT molecular complexity index is 849. The van der Waals surface area contributed by atoms with Crippen molar-refractivity contribution in [2.45, 2.75) is 30.8 Å². The molecule has 6 rings (SSSR count).